The van der Waals surface area contributed by atoms with Gasteiger partial charge in [-0.2, -0.15) is 0 Å². The average Bonchev–Trinajstić information content (AvgIpc) is 2.89. The Morgan fingerprint density at radius 2 is 1.93 bits per heavy atom. The van der Waals surface area contributed by atoms with E-state index in [4.69, 9.17) is 10.1 Å². The summed E-state index contributed by atoms with van der Waals surface area (Å²) in [5, 5.41) is 18.3. The third-order valence-corrected chi connectivity index (χ3v) is 4.29. The lowest BCUT2D eigenvalue weighted by Crippen LogP contribution is -2.30. The van der Waals surface area contributed by atoms with Gasteiger partial charge in [0.05, 0.1) is 6.54 Å². The Bertz CT molecular complexity index is 982. The number of phenolic OH excluding ortho intramolecular Hbond substituents is 1. The van der Waals surface area contributed by atoms with Crippen molar-refractivity contribution < 1.29 is 19.4 Å². The fourth-order valence-corrected chi connectivity index (χ4v) is 2.96. The van der Waals surface area contributed by atoms with E-state index in [1.165, 1.54) is 18.2 Å². The summed E-state index contributed by atoms with van der Waals surface area (Å²) in [5.74, 6) is -0.996. The number of halogens is 1. The van der Waals surface area contributed by atoms with Gasteiger partial charge >= 0.3 is 5.97 Å². The third kappa shape index (κ3) is 4.92. The number of hydrogen-bond acceptors (Lipinski definition) is 6. The number of aromatic nitrogens is 1. The molecule has 0 atom stereocenters. The molecule has 8 heteroatoms. The topological polar surface area (TPSA) is 104 Å². The summed E-state index contributed by atoms with van der Waals surface area (Å²) in [4.78, 5) is 31.0. The van der Waals surface area contributed by atoms with Crippen LogP contribution in [0.3, 0.4) is 0 Å². The number of aromatic hydroxyl groups is 1. The minimum atomic E-state index is -0.717. The Labute approximate surface area is 175 Å². The number of carbonyl (C=O) groups is 2. The molecule has 0 amide bonds. The van der Waals surface area contributed by atoms with Crippen LogP contribution in [0.5, 0.6) is 5.75 Å². The summed E-state index contributed by atoms with van der Waals surface area (Å²) in [5.41, 5.74) is 1.81. The third-order valence-electron chi connectivity index (χ3n) is 4.29. The number of pyridine rings is 1. The quantitative estimate of drug-likeness (QED) is 0.583. The van der Waals surface area contributed by atoms with Crippen molar-refractivity contribution in [2.45, 2.75) is 39.8 Å². The van der Waals surface area contributed by atoms with Crippen molar-refractivity contribution in [2.24, 2.45) is 0 Å². The molecule has 1 aliphatic heterocycles. The first-order valence-corrected chi connectivity index (χ1v) is 8.95. The van der Waals surface area contributed by atoms with E-state index < -0.39 is 11.6 Å². The van der Waals surface area contributed by atoms with Gasteiger partial charge in [-0.15, -0.1) is 12.4 Å². The lowest BCUT2D eigenvalue weighted by Gasteiger charge is -2.20. The molecule has 0 bridgehead atoms. The lowest BCUT2D eigenvalue weighted by atomic mass is 10.1. The number of phenols is 1. The molecule has 1 aromatic carbocycles. The number of nitrogens with zero attached hydrogens (tertiary/aromatic N) is 2. The lowest BCUT2D eigenvalue weighted by molar-refractivity contribution is 0.00668. The molecular weight excluding hydrogens is 394 g/mol. The average molecular weight is 418 g/mol. The SMILES string of the molecule is Cc1ccc2c(n1)C(=N)N(CC(=O)c1ccc(O)c(C(=O)OC(C)(C)C)c1)C2.Cl. The number of aryl methyl sites for hydroxylation is 1. The highest BCUT2D eigenvalue weighted by Gasteiger charge is 2.28. The first-order valence-electron chi connectivity index (χ1n) is 8.95. The van der Waals surface area contributed by atoms with Crippen molar-refractivity contribution >= 4 is 30.0 Å². The zero-order valence-electron chi connectivity index (χ0n) is 16.8. The molecule has 2 aromatic rings. The summed E-state index contributed by atoms with van der Waals surface area (Å²) in [6.07, 6.45) is 0. The normalized spacial score (nSPS) is 13.0. The van der Waals surface area contributed by atoms with Gasteiger partial charge in [-0.3, -0.25) is 10.2 Å². The number of Topliss-reactive ketones (excluding diaryl/α,β-unsaturated/α-hetero) is 1. The van der Waals surface area contributed by atoms with E-state index in [1.807, 2.05) is 19.1 Å². The van der Waals surface area contributed by atoms with Crippen LogP contribution in [-0.4, -0.2) is 44.7 Å². The predicted molar refractivity (Wildman–Crippen MR) is 111 cm³/mol. The van der Waals surface area contributed by atoms with Gasteiger partial charge in [0.1, 0.15) is 28.4 Å². The van der Waals surface area contributed by atoms with Crippen molar-refractivity contribution in [3.63, 3.8) is 0 Å². The molecule has 7 nitrogen and oxygen atoms in total. The molecule has 29 heavy (non-hydrogen) atoms. The van der Waals surface area contributed by atoms with Gasteiger partial charge in [-0.1, -0.05) is 6.07 Å². The summed E-state index contributed by atoms with van der Waals surface area (Å²) >= 11 is 0. The largest absolute Gasteiger partial charge is 0.507 e. The number of hydrogen-bond donors (Lipinski definition) is 2. The molecule has 0 radical (unpaired) electrons. The van der Waals surface area contributed by atoms with Gasteiger partial charge in [-0.05, 0) is 52.0 Å². The highest BCUT2D eigenvalue weighted by atomic mass is 35.5. The van der Waals surface area contributed by atoms with Crippen LogP contribution in [-0.2, 0) is 11.3 Å². The maximum Gasteiger partial charge on any atom is 0.342 e. The zero-order valence-corrected chi connectivity index (χ0v) is 17.6. The van der Waals surface area contributed by atoms with Crippen LogP contribution in [0.25, 0.3) is 0 Å². The van der Waals surface area contributed by atoms with Gasteiger partial charge in [0.25, 0.3) is 0 Å². The highest BCUT2D eigenvalue weighted by molar-refractivity contribution is 6.05. The molecular formula is C21H24ClN3O4. The van der Waals surface area contributed by atoms with Gasteiger partial charge in [-0.25, -0.2) is 9.78 Å². The smallest absolute Gasteiger partial charge is 0.342 e. The van der Waals surface area contributed by atoms with Crippen LogP contribution in [0, 0.1) is 12.3 Å². The molecule has 0 aliphatic carbocycles. The van der Waals surface area contributed by atoms with Crippen molar-refractivity contribution in [2.75, 3.05) is 6.54 Å². The zero-order chi connectivity index (χ0) is 20.6. The van der Waals surface area contributed by atoms with Crippen LogP contribution in [0.15, 0.2) is 30.3 Å². The first kappa shape index (κ1) is 22.4. The van der Waals surface area contributed by atoms with E-state index in [9.17, 15) is 14.7 Å². The minimum Gasteiger partial charge on any atom is -0.507 e. The summed E-state index contributed by atoms with van der Waals surface area (Å²) in [6.45, 7) is 7.45. The molecule has 154 valence electrons. The van der Waals surface area contributed by atoms with Crippen molar-refractivity contribution in [1.29, 1.82) is 5.41 Å². The number of ketones is 1. The summed E-state index contributed by atoms with van der Waals surface area (Å²) in [6, 6.07) is 7.89. The number of fused-ring (bicyclic) bond motifs is 1. The molecule has 3 rings (SSSR count). The number of amidine groups is 1. The number of esters is 1. The molecule has 0 unspecified atom stereocenters. The van der Waals surface area contributed by atoms with E-state index in [1.54, 1.807) is 25.7 Å². The molecule has 0 saturated carbocycles. The number of rotatable bonds is 4. The first-order chi connectivity index (χ1) is 13.0. The Morgan fingerprint density at radius 3 is 2.59 bits per heavy atom. The maximum absolute atomic E-state index is 12.7. The summed E-state index contributed by atoms with van der Waals surface area (Å²) < 4.78 is 5.28. The van der Waals surface area contributed by atoms with E-state index >= 15 is 0 Å². The minimum absolute atomic E-state index is 0. The number of carbonyl (C=O) groups excluding carboxylic acids is 2. The molecule has 0 fully saturated rings. The second kappa shape index (κ2) is 8.21. The number of ether oxygens (including phenoxy) is 1. The fraction of sp³-hybridized carbons (Fsp3) is 0.333. The monoisotopic (exact) mass is 417 g/mol. The number of benzene rings is 1. The van der Waals surface area contributed by atoms with E-state index in [0.717, 1.165) is 11.3 Å². The Balaban J connectivity index is 0.00000300. The van der Waals surface area contributed by atoms with Crippen LogP contribution < -0.4 is 0 Å². The van der Waals surface area contributed by atoms with Gasteiger partial charge in [0.2, 0.25) is 0 Å². The van der Waals surface area contributed by atoms with Crippen LogP contribution >= 0.6 is 12.4 Å². The molecule has 0 saturated heterocycles. The van der Waals surface area contributed by atoms with Crippen molar-refractivity contribution in [1.82, 2.24) is 9.88 Å². The second-order valence-corrected chi connectivity index (χ2v) is 7.82. The molecule has 0 spiro atoms. The van der Waals surface area contributed by atoms with Gasteiger partial charge in [0, 0.05) is 23.4 Å². The second-order valence-electron chi connectivity index (χ2n) is 7.82. The molecule has 2 heterocycles. The van der Waals surface area contributed by atoms with Gasteiger partial charge in [0.15, 0.2) is 5.78 Å². The summed E-state index contributed by atoms with van der Waals surface area (Å²) in [7, 11) is 0. The Morgan fingerprint density at radius 1 is 1.24 bits per heavy atom. The molecule has 1 aromatic heterocycles. The highest BCUT2D eigenvalue weighted by Crippen LogP contribution is 2.24. The predicted octanol–water partition coefficient (Wildman–Crippen LogP) is 3.50. The fourth-order valence-electron chi connectivity index (χ4n) is 2.96. The molecule has 1 aliphatic rings. The number of nitrogens with one attached hydrogen (secondary N) is 1. The van der Waals surface area contributed by atoms with E-state index in [2.05, 4.69) is 4.98 Å². The standard InChI is InChI=1S/C21H23N3O4.ClH/c1-12-5-6-14-10-24(19(22)18(14)23-12)11-17(26)13-7-8-16(25)15(9-13)20(27)28-21(2,3)4;/h5-9,22,25H,10-11H2,1-4H3;1H. The Hall–Kier alpha value is -2.93. The Kier molecular flexibility index (Phi) is 6.33. The van der Waals surface area contributed by atoms with E-state index in [-0.39, 0.29) is 47.4 Å². The van der Waals surface area contributed by atoms with Crippen LogP contribution in [0.4, 0.5) is 0 Å². The van der Waals surface area contributed by atoms with Crippen molar-refractivity contribution in [3.8, 4) is 5.75 Å². The van der Waals surface area contributed by atoms with Crippen molar-refractivity contribution in [3.05, 3.63) is 58.4 Å². The van der Waals surface area contributed by atoms with Crippen LogP contribution in [0.1, 0.15) is 58.4 Å². The van der Waals surface area contributed by atoms with Crippen LogP contribution in [0.2, 0.25) is 0 Å². The maximum atomic E-state index is 12.7. The van der Waals surface area contributed by atoms with Gasteiger partial charge < -0.3 is 14.7 Å². The molecule has 2 N–H and O–H groups in total. The van der Waals surface area contributed by atoms with E-state index in [0.29, 0.717) is 12.2 Å².